The lowest BCUT2D eigenvalue weighted by atomic mass is 9.80. The van der Waals surface area contributed by atoms with Crippen molar-refractivity contribution >= 4 is 23.2 Å². The molecule has 0 radical (unpaired) electrons. The first kappa shape index (κ1) is 27.4. The molecule has 0 aromatic heterocycles. The summed E-state index contributed by atoms with van der Waals surface area (Å²) in [6.45, 7) is 0.677. The summed E-state index contributed by atoms with van der Waals surface area (Å²) in [5.41, 5.74) is 0.142. The summed E-state index contributed by atoms with van der Waals surface area (Å²) in [5.74, 6) is -1.22. The number of thiocarbonyl (C=S) groups is 1. The summed E-state index contributed by atoms with van der Waals surface area (Å²) >= 11 is 5.47. The van der Waals surface area contributed by atoms with Crippen LogP contribution in [0.15, 0.2) is 66.7 Å². The summed E-state index contributed by atoms with van der Waals surface area (Å²) in [7, 11) is 3.13. The van der Waals surface area contributed by atoms with Gasteiger partial charge in [0.15, 0.2) is 5.11 Å². The monoisotopic (exact) mass is 541 g/mol. The number of benzene rings is 3. The van der Waals surface area contributed by atoms with E-state index in [-0.39, 0.29) is 23.8 Å². The molecule has 1 aliphatic rings. The van der Waals surface area contributed by atoms with Crippen molar-refractivity contribution in [3.8, 4) is 11.5 Å². The quantitative estimate of drug-likeness (QED) is 0.376. The van der Waals surface area contributed by atoms with Gasteiger partial charge in [-0.15, -0.1) is 0 Å². The van der Waals surface area contributed by atoms with Gasteiger partial charge in [-0.25, -0.2) is 8.78 Å². The Kier molecular flexibility index (Phi) is 8.55. The lowest BCUT2D eigenvalue weighted by molar-refractivity contribution is 0.0975. The number of carbonyl (C=O) groups excluding carboxylic acids is 1. The molecule has 7 nitrogen and oxygen atoms in total. The SMILES string of the molecule is COc1ccc(CN2CC(CO)C(NC(=S)NC(=O)c3ccccc3)(c3ccc(F)cc3F)C2)c(OC)c1. The maximum atomic E-state index is 15.2. The van der Waals surface area contributed by atoms with E-state index in [0.717, 1.165) is 17.7 Å². The molecular formula is C28H29F2N3O4S. The molecule has 3 aromatic carbocycles. The highest BCUT2D eigenvalue weighted by Crippen LogP contribution is 2.40. The third kappa shape index (κ3) is 5.77. The Morgan fingerprint density at radius 1 is 1.11 bits per heavy atom. The van der Waals surface area contributed by atoms with Crippen LogP contribution in [0.5, 0.6) is 11.5 Å². The van der Waals surface area contributed by atoms with Gasteiger partial charge in [-0.05, 0) is 36.5 Å². The number of aliphatic hydroxyl groups is 1. The Morgan fingerprint density at radius 2 is 1.87 bits per heavy atom. The van der Waals surface area contributed by atoms with E-state index in [1.165, 1.54) is 6.07 Å². The summed E-state index contributed by atoms with van der Waals surface area (Å²) in [6, 6.07) is 17.3. The minimum Gasteiger partial charge on any atom is -0.497 e. The Bertz CT molecular complexity index is 1310. The third-order valence-corrected chi connectivity index (χ3v) is 6.97. The van der Waals surface area contributed by atoms with Crippen molar-refractivity contribution in [2.75, 3.05) is 33.9 Å². The van der Waals surface area contributed by atoms with Crippen molar-refractivity contribution in [2.24, 2.45) is 5.92 Å². The Hall–Kier alpha value is -3.60. The zero-order valence-corrected chi connectivity index (χ0v) is 21.9. The smallest absolute Gasteiger partial charge is 0.257 e. The normalized spacial score (nSPS) is 19.1. The summed E-state index contributed by atoms with van der Waals surface area (Å²) in [4.78, 5) is 14.7. The van der Waals surface area contributed by atoms with Crippen LogP contribution in [0.2, 0.25) is 0 Å². The van der Waals surface area contributed by atoms with Gasteiger partial charge in [0.2, 0.25) is 0 Å². The summed E-state index contributed by atoms with van der Waals surface area (Å²) in [6.07, 6.45) is 0. The van der Waals surface area contributed by atoms with E-state index in [2.05, 4.69) is 10.6 Å². The van der Waals surface area contributed by atoms with E-state index in [9.17, 15) is 14.3 Å². The molecule has 1 heterocycles. The number of amides is 1. The number of rotatable bonds is 8. The van der Waals surface area contributed by atoms with Crippen LogP contribution in [0.1, 0.15) is 21.5 Å². The number of nitrogens with zero attached hydrogens (tertiary/aromatic N) is 1. The number of ether oxygens (including phenoxy) is 2. The van der Waals surface area contributed by atoms with Crippen LogP contribution in [0.25, 0.3) is 0 Å². The topological polar surface area (TPSA) is 83.1 Å². The number of carbonyl (C=O) groups is 1. The second kappa shape index (κ2) is 11.8. The van der Waals surface area contributed by atoms with Crippen LogP contribution in [0.4, 0.5) is 8.78 Å². The van der Waals surface area contributed by atoms with Crippen LogP contribution in [-0.4, -0.2) is 54.9 Å². The molecule has 2 atom stereocenters. The highest BCUT2D eigenvalue weighted by molar-refractivity contribution is 7.80. The highest BCUT2D eigenvalue weighted by atomic mass is 32.1. The van der Waals surface area contributed by atoms with Gasteiger partial charge in [0.05, 0.1) is 19.8 Å². The van der Waals surface area contributed by atoms with E-state index in [1.807, 2.05) is 17.0 Å². The minimum atomic E-state index is -1.26. The van der Waals surface area contributed by atoms with Gasteiger partial charge in [-0.1, -0.05) is 30.3 Å². The number of hydrogen-bond acceptors (Lipinski definition) is 6. The van der Waals surface area contributed by atoms with Gasteiger partial charge in [0, 0.05) is 61.0 Å². The number of halogens is 2. The highest BCUT2D eigenvalue weighted by Gasteiger charge is 2.49. The molecule has 1 fully saturated rings. The molecule has 4 rings (SSSR count). The van der Waals surface area contributed by atoms with Crippen molar-refractivity contribution < 1.29 is 28.2 Å². The molecule has 0 saturated carbocycles. The number of aliphatic hydroxyl groups excluding tert-OH is 1. The van der Waals surface area contributed by atoms with Gasteiger partial charge in [0.1, 0.15) is 23.1 Å². The fourth-order valence-corrected chi connectivity index (χ4v) is 5.21. The molecule has 0 spiro atoms. The standard InChI is InChI=1S/C28H29F2N3O4S/c1-36-22-10-8-19(25(13-22)37-2)14-33-15-20(16-34)28(17-33,23-11-9-21(29)12-24(23)30)32-27(38)31-26(35)18-6-4-3-5-7-18/h3-13,20,34H,14-17H2,1-2H3,(H2,31,32,35,38). The van der Waals surface area contributed by atoms with Crippen molar-refractivity contribution in [1.82, 2.24) is 15.5 Å². The average molecular weight is 542 g/mol. The number of likely N-dealkylation sites (tertiary alicyclic amines) is 1. The second-order valence-corrected chi connectivity index (χ2v) is 9.50. The molecule has 0 bridgehead atoms. The minimum absolute atomic E-state index is 0.0371. The van der Waals surface area contributed by atoms with Gasteiger partial charge in [-0.3, -0.25) is 15.0 Å². The first-order valence-electron chi connectivity index (χ1n) is 12.0. The fraction of sp³-hybridized carbons (Fsp3) is 0.286. The maximum Gasteiger partial charge on any atom is 0.257 e. The van der Waals surface area contributed by atoms with Crippen molar-refractivity contribution in [3.63, 3.8) is 0 Å². The predicted molar refractivity (Wildman–Crippen MR) is 143 cm³/mol. The first-order chi connectivity index (χ1) is 18.3. The van der Waals surface area contributed by atoms with Crippen LogP contribution in [0, 0.1) is 17.6 Å². The van der Waals surface area contributed by atoms with Crippen molar-refractivity contribution in [2.45, 2.75) is 12.1 Å². The number of methoxy groups -OCH3 is 2. The molecule has 3 N–H and O–H groups in total. The maximum absolute atomic E-state index is 15.2. The zero-order valence-electron chi connectivity index (χ0n) is 21.0. The number of nitrogens with one attached hydrogen (secondary N) is 2. The van der Waals surface area contributed by atoms with Crippen LogP contribution in [-0.2, 0) is 12.1 Å². The zero-order chi connectivity index (χ0) is 27.3. The molecule has 200 valence electrons. The summed E-state index contributed by atoms with van der Waals surface area (Å²) < 4.78 is 39.9. The predicted octanol–water partition coefficient (Wildman–Crippen LogP) is 3.61. The van der Waals surface area contributed by atoms with Crippen LogP contribution >= 0.6 is 12.2 Å². The van der Waals surface area contributed by atoms with Gasteiger partial charge in [-0.2, -0.15) is 0 Å². The fourth-order valence-electron chi connectivity index (χ4n) is 4.94. The van der Waals surface area contributed by atoms with Crippen LogP contribution in [0.3, 0.4) is 0 Å². The van der Waals surface area contributed by atoms with Crippen molar-refractivity contribution in [1.29, 1.82) is 0 Å². The van der Waals surface area contributed by atoms with Gasteiger partial charge < -0.3 is 19.9 Å². The van der Waals surface area contributed by atoms with E-state index in [0.29, 0.717) is 30.2 Å². The average Bonchev–Trinajstić information content (AvgIpc) is 3.26. The molecule has 2 unspecified atom stereocenters. The lowest BCUT2D eigenvalue weighted by Gasteiger charge is -2.37. The molecular weight excluding hydrogens is 512 g/mol. The Morgan fingerprint density at radius 3 is 2.53 bits per heavy atom. The lowest BCUT2D eigenvalue weighted by Crippen LogP contribution is -2.56. The van der Waals surface area contributed by atoms with Crippen LogP contribution < -0.4 is 20.1 Å². The van der Waals surface area contributed by atoms with Gasteiger partial charge >= 0.3 is 0 Å². The largest absolute Gasteiger partial charge is 0.497 e. The van der Waals surface area contributed by atoms with Gasteiger partial charge in [0.25, 0.3) is 5.91 Å². The third-order valence-electron chi connectivity index (χ3n) is 6.77. The van der Waals surface area contributed by atoms with E-state index in [1.54, 1.807) is 50.6 Å². The molecule has 0 aliphatic carbocycles. The Balaban J connectivity index is 1.65. The molecule has 1 amide bonds. The van der Waals surface area contributed by atoms with E-state index >= 15 is 4.39 Å². The second-order valence-electron chi connectivity index (χ2n) is 9.10. The Labute approximate surface area is 225 Å². The van der Waals surface area contributed by atoms with E-state index in [4.69, 9.17) is 21.7 Å². The molecule has 1 aliphatic heterocycles. The van der Waals surface area contributed by atoms with E-state index < -0.39 is 29.0 Å². The summed E-state index contributed by atoms with van der Waals surface area (Å²) in [5, 5.41) is 16.1. The first-order valence-corrected chi connectivity index (χ1v) is 12.4. The number of hydrogen-bond donors (Lipinski definition) is 3. The molecule has 38 heavy (non-hydrogen) atoms. The molecule has 10 heteroatoms. The van der Waals surface area contributed by atoms with Crippen molar-refractivity contribution in [3.05, 3.63) is 95.1 Å². The molecule has 1 saturated heterocycles. The molecule has 3 aromatic rings.